The number of benzene rings is 5. The van der Waals surface area contributed by atoms with Gasteiger partial charge in [0.15, 0.2) is 5.76 Å². The Morgan fingerprint density at radius 3 is 1.79 bits per heavy atom. The number of anilines is 7. The van der Waals surface area contributed by atoms with Crippen molar-refractivity contribution in [1.29, 1.82) is 0 Å². The van der Waals surface area contributed by atoms with Crippen LogP contribution in [-0.2, 0) is 8.85 Å². The van der Waals surface area contributed by atoms with E-state index in [-0.39, 0.29) is 0 Å². The molecule has 2 heterocycles. The molecule has 1 saturated heterocycles. The van der Waals surface area contributed by atoms with Crippen molar-refractivity contribution in [3.63, 3.8) is 0 Å². The average Bonchev–Trinajstić information content (AvgIpc) is 3.46. The fraction of sp³-hybridized carbons (Fsp3) is 0.100. The highest BCUT2D eigenvalue weighted by Crippen LogP contribution is 2.48. The van der Waals surface area contributed by atoms with E-state index >= 15 is 0 Å². The van der Waals surface area contributed by atoms with E-state index in [9.17, 15) is 0 Å². The van der Waals surface area contributed by atoms with E-state index < -0.39 is 8.56 Å². The van der Waals surface area contributed by atoms with Crippen molar-refractivity contribution in [2.24, 2.45) is 0 Å². The minimum absolute atomic E-state index is 0.440. The van der Waals surface area contributed by atoms with E-state index in [1.165, 1.54) is 0 Å². The lowest BCUT2D eigenvalue weighted by atomic mass is 10.1. The van der Waals surface area contributed by atoms with Crippen LogP contribution >= 0.6 is 11.6 Å². The number of halogens is 1. The Labute approximate surface area is 283 Å². The van der Waals surface area contributed by atoms with Crippen LogP contribution in [0.15, 0.2) is 162 Å². The second kappa shape index (κ2) is 12.2. The van der Waals surface area contributed by atoms with Crippen LogP contribution in [0.4, 0.5) is 39.8 Å². The highest BCUT2D eigenvalue weighted by molar-refractivity contribution is 6.98. The van der Waals surface area contributed by atoms with E-state index in [1.54, 1.807) is 0 Å². The maximum Gasteiger partial charge on any atom is 0.540 e. The zero-order valence-electron chi connectivity index (χ0n) is 26.9. The highest BCUT2D eigenvalue weighted by Gasteiger charge is 2.62. The molecule has 0 aliphatic carbocycles. The fourth-order valence-corrected chi connectivity index (χ4v) is 10.7. The molecular formula is C40H36ClN3O2Si. The number of hydrogen-bond donors (Lipinski definition) is 0. The smallest absolute Gasteiger partial charge is 0.503 e. The van der Waals surface area contributed by atoms with Gasteiger partial charge in [0.1, 0.15) is 5.76 Å². The van der Waals surface area contributed by atoms with Crippen molar-refractivity contribution in [3.05, 3.63) is 162 Å². The van der Waals surface area contributed by atoms with Crippen LogP contribution in [0.5, 0.6) is 0 Å². The third-order valence-electron chi connectivity index (χ3n) is 8.80. The molecule has 1 fully saturated rings. The zero-order chi connectivity index (χ0) is 32.7. The van der Waals surface area contributed by atoms with Crippen molar-refractivity contribution in [2.75, 3.05) is 21.7 Å². The van der Waals surface area contributed by atoms with E-state index in [0.717, 1.165) is 55.9 Å². The Morgan fingerprint density at radius 1 is 0.702 bits per heavy atom. The first-order valence-corrected chi connectivity index (χ1v) is 17.9. The Hall–Kier alpha value is -5.17. The van der Waals surface area contributed by atoms with Gasteiger partial charge in [-0.25, -0.2) is 0 Å². The molecule has 2 aliphatic rings. The zero-order valence-corrected chi connectivity index (χ0v) is 28.7. The second-order valence-electron chi connectivity index (χ2n) is 11.6. The van der Waals surface area contributed by atoms with E-state index in [4.69, 9.17) is 20.5 Å². The van der Waals surface area contributed by atoms with Crippen molar-refractivity contribution in [3.8, 4) is 0 Å². The summed E-state index contributed by atoms with van der Waals surface area (Å²) in [4.78, 5) is 6.82. The maximum atomic E-state index is 7.23. The third-order valence-corrected chi connectivity index (χ3v) is 12.3. The molecule has 7 rings (SSSR count). The topological polar surface area (TPSA) is 28.2 Å². The largest absolute Gasteiger partial charge is 0.540 e. The number of rotatable bonds is 6. The summed E-state index contributed by atoms with van der Waals surface area (Å²) in [5.41, 5.74) is 8.12. The van der Waals surface area contributed by atoms with Gasteiger partial charge in [0, 0.05) is 35.5 Å². The Balaban J connectivity index is 1.63. The quantitative estimate of drug-likeness (QED) is 0.170. The van der Waals surface area contributed by atoms with Crippen LogP contribution in [0.3, 0.4) is 0 Å². The minimum Gasteiger partial charge on any atom is -0.503 e. The number of nitrogens with zero attached hydrogens (tertiary/aromatic N) is 3. The van der Waals surface area contributed by atoms with Gasteiger partial charge in [-0.2, -0.15) is 0 Å². The van der Waals surface area contributed by atoms with Crippen LogP contribution in [0.2, 0.25) is 0 Å². The van der Waals surface area contributed by atoms with Crippen LogP contribution in [0.1, 0.15) is 20.8 Å². The summed E-state index contributed by atoms with van der Waals surface area (Å²) in [6.45, 7) is 10.4. The van der Waals surface area contributed by atoms with Gasteiger partial charge < -0.3 is 23.6 Å². The molecule has 5 nitrogen and oxygen atoms in total. The molecule has 0 N–H and O–H groups in total. The number of hydrogen-bond acceptors (Lipinski definition) is 5. The molecule has 1 spiro atoms. The van der Waals surface area contributed by atoms with Crippen molar-refractivity contribution >= 4 is 70.3 Å². The van der Waals surface area contributed by atoms with Crippen molar-refractivity contribution < 1.29 is 8.85 Å². The monoisotopic (exact) mass is 653 g/mol. The van der Waals surface area contributed by atoms with Gasteiger partial charge in [-0.1, -0.05) is 91.0 Å². The summed E-state index contributed by atoms with van der Waals surface area (Å²) < 4.78 is 14.4. The first-order valence-electron chi connectivity index (χ1n) is 15.7. The molecule has 2 aliphatic heterocycles. The van der Waals surface area contributed by atoms with Gasteiger partial charge in [-0.05, 0) is 81.4 Å². The summed E-state index contributed by atoms with van der Waals surface area (Å²) in [5.74, 6) is 0.930. The van der Waals surface area contributed by atoms with E-state index in [2.05, 4.69) is 157 Å². The standard InChI is InChI=1S/C40H36ClN3O2Si/c1-6-28(2)43(32-20-12-8-13-21-32)35-25-17-27-37-40(35)47(45-30(4)38(46-47)29(3)41)39-34(42(5)31-18-10-7-11-19-31)24-16-26-36(39)44(37)33-22-14-9-15-23-33/h6-27H,4H2,1-3,5H3/b28-6+,38-29-. The normalized spacial score (nSPS) is 17.9. The summed E-state index contributed by atoms with van der Waals surface area (Å²) in [7, 11) is -1.57. The molecule has 5 aromatic rings. The molecule has 0 saturated carbocycles. The molecular weight excluding hydrogens is 618 g/mol. The SMILES string of the molecule is C=C1O[Si]2(O/C1=C(/C)Cl)c1c(N(C)c3ccccc3)cccc1N(c1ccccc1)c1cccc(N(/C(C)=C/C)c3ccccc3)c12. The predicted octanol–water partition coefficient (Wildman–Crippen LogP) is 9.89. The molecule has 0 bridgehead atoms. The number of allylic oxidation sites excluding steroid dienone is 3. The minimum atomic E-state index is -3.66. The highest BCUT2D eigenvalue weighted by atomic mass is 35.5. The molecule has 234 valence electrons. The predicted molar refractivity (Wildman–Crippen MR) is 199 cm³/mol. The Bertz CT molecular complexity index is 2030. The van der Waals surface area contributed by atoms with E-state index in [0.29, 0.717) is 16.6 Å². The van der Waals surface area contributed by atoms with Crippen molar-refractivity contribution in [2.45, 2.75) is 20.8 Å². The van der Waals surface area contributed by atoms with Gasteiger partial charge in [0.2, 0.25) is 0 Å². The van der Waals surface area contributed by atoms with Crippen molar-refractivity contribution in [1.82, 2.24) is 0 Å². The fourth-order valence-electron chi connectivity index (χ4n) is 6.62. The van der Waals surface area contributed by atoms with Crippen LogP contribution in [0, 0.1) is 0 Å². The second-order valence-corrected chi connectivity index (χ2v) is 14.8. The lowest BCUT2D eigenvalue weighted by Crippen LogP contribution is -2.66. The van der Waals surface area contributed by atoms with Crippen LogP contribution < -0.4 is 25.1 Å². The van der Waals surface area contributed by atoms with Gasteiger partial charge >= 0.3 is 8.56 Å². The Kier molecular flexibility index (Phi) is 7.92. The molecule has 5 aromatic carbocycles. The molecule has 0 amide bonds. The first-order chi connectivity index (χ1) is 22.9. The molecule has 1 unspecified atom stereocenters. The van der Waals surface area contributed by atoms with Gasteiger partial charge in [-0.3, -0.25) is 0 Å². The maximum absolute atomic E-state index is 7.23. The number of fused-ring (bicyclic) bond motifs is 4. The molecule has 0 radical (unpaired) electrons. The Morgan fingerprint density at radius 2 is 1.23 bits per heavy atom. The molecule has 7 heteroatoms. The third kappa shape index (κ3) is 5.01. The number of para-hydroxylation sites is 3. The average molecular weight is 654 g/mol. The van der Waals surface area contributed by atoms with Gasteiger partial charge in [0.05, 0.1) is 32.5 Å². The molecule has 1 atom stereocenters. The van der Waals surface area contributed by atoms with Gasteiger partial charge in [-0.15, -0.1) is 0 Å². The lowest BCUT2D eigenvalue weighted by Gasteiger charge is -2.43. The molecule has 0 aromatic heterocycles. The summed E-state index contributed by atoms with van der Waals surface area (Å²) in [6, 6.07) is 44.1. The first kappa shape index (κ1) is 30.5. The van der Waals surface area contributed by atoms with Gasteiger partial charge in [0.25, 0.3) is 0 Å². The lowest BCUT2D eigenvalue weighted by molar-refractivity contribution is 0.406. The van der Waals surface area contributed by atoms with Crippen LogP contribution in [0.25, 0.3) is 0 Å². The van der Waals surface area contributed by atoms with Crippen LogP contribution in [-0.4, -0.2) is 15.6 Å². The summed E-state index contributed by atoms with van der Waals surface area (Å²) >= 11 is 6.73. The summed E-state index contributed by atoms with van der Waals surface area (Å²) in [6.07, 6.45) is 2.13. The molecule has 47 heavy (non-hydrogen) atoms. The summed E-state index contributed by atoms with van der Waals surface area (Å²) in [5, 5.41) is 2.46. The van der Waals surface area contributed by atoms with E-state index in [1.807, 2.05) is 25.1 Å².